The molecule has 0 radical (unpaired) electrons. The molecule has 4 heteroatoms. The minimum absolute atomic E-state index is 0.438. The van der Waals surface area contributed by atoms with Crippen LogP contribution in [0.4, 0.5) is 5.82 Å². The largest absolute Gasteiger partial charge is 0.496 e. The van der Waals surface area contributed by atoms with Gasteiger partial charge in [0.1, 0.15) is 11.6 Å². The zero-order valence-electron chi connectivity index (χ0n) is 11.7. The van der Waals surface area contributed by atoms with Gasteiger partial charge < -0.3 is 10.5 Å². The number of para-hydroxylation sites is 1. The van der Waals surface area contributed by atoms with Crippen LogP contribution >= 0.6 is 0 Å². The van der Waals surface area contributed by atoms with E-state index in [2.05, 4.69) is 9.97 Å². The highest BCUT2D eigenvalue weighted by Crippen LogP contribution is 2.32. The van der Waals surface area contributed by atoms with Crippen LogP contribution < -0.4 is 10.5 Å². The minimum atomic E-state index is 0.438. The molecule has 0 atom stereocenters. The van der Waals surface area contributed by atoms with Crippen molar-refractivity contribution in [3.63, 3.8) is 0 Å². The predicted octanol–water partition coefficient (Wildman–Crippen LogP) is 3.40. The van der Waals surface area contributed by atoms with Crippen molar-refractivity contribution in [1.29, 1.82) is 0 Å². The number of benzene rings is 2. The first kappa shape index (κ1) is 13.1. The van der Waals surface area contributed by atoms with Crippen LogP contribution in [-0.4, -0.2) is 17.1 Å². The number of hydrogen-bond donors (Lipinski definition) is 1. The van der Waals surface area contributed by atoms with Gasteiger partial charge in [-0.2, -0.15) is 0 Å². The second-order valence-corrected chi connectivity index (χ2v) is 4.56. The molecule has 21 heavy (non-hydrogen) atoms. The van der Waals surface area contributed by atoms with E-state index in [-0.39, 0.29) is 0 Å². The highest BCUT2D eigenvalue weighted by molar-refractivity contribution is 5.78. The second kappa shape index (κ2) is 5.63. The van der Waals surface area contributed by atoms with E-state index in [1.165, 1.54) is 0 Å². The Bertz CT molecular complexity index is 757. The molecule has 2 aromatic carbocycles. The summed E-state index contributed by atoms with van der Waals surface area (Å²) in [6.07, 6.45) is 1.74. The lowest BCUT2D eigenvalue weighted by molar-refractivity contribution is 0.416. The summed E-state index contributed by atoms with van der Waals surface area (Å²) >= 11 is 0. The molecule has 0 saturated carbocycles. The van der Waals surface area contributed by atoms with Crippen molar-refractivity contribution in [2.45, 2.75) is 0 Å². The van der Waals surface area contributed by atoms with Crippen LogP contribution in [0.15, 0.2) is 60.8 Å². The molecule has 2 N–H and O–H groups in total. The maximum Gasteiger partial charge on any atom is 0.161 e. The monoisotopic (exact) mass is 277 g/mol. The van der Waals surface area contributed by atoms with Crippen LogP contribution in [0.2, 0.25) is 0 Å². The summed E-state index contributed by atoms with van der Waals surface area (Å²) in [5.41, 5.74) is 8.70. The quantitative estimate of drug-likeness (QED) is 0.797. The Kier molecular flexibility index (Phi) is 3.51. The van der Waals surface area contributed by atoms with Gasteiger partial charge in [0.15, 0.2) is 5.82 Å². The van der Waals surface area contributed by atoms with Crippen molar-refractivity contribution in [3.8, 4) is 28.3 Å². The number of anilines is 1. The van der Waals surface area contributed by atoms with Gasteiger partial charge in [0.2, 0.25) is 0 Å². The van der Waals surface area contributed by atoms with Crippen LogP contribution in [-0.2, 0) is 0 Å². The van der Waals surface area contributed by atoms with Crippen LogP contribution in [0.1, 0.15) is 0 Å². The van der Waals surface area contributed by atoms with Gasteiger partial charge in [-0.05, 0) is 6.07 Å². The molecule has 0 saturated heterocycles. The fraction of sp³-hybridized carbons (Fsp3) is 0.0588. The first-order valence-electron chi connectivity index (χ1n) is 6.61. The molecule has 104 valence electrons. The van der Waals surface area contributed by atoms with E-state index in [0.29, 0.717) is 11.6 Å². The Morgan fingerprint density at radius 2 is 1.62 bits per heavy atom. The van der Waals surface area contributed by atoms with E-state index in [9.17, 15) is 0 Å². The fourth-order valence-electron chi connectivity index (χ4n) is 2.20. The van der Waals surface area contributed by atoms with Crippen molar-refractivity contribution in [1.82, 2.24) is 9.97 Å². The third-order valence-corrected chi connectivity index (χ3v) is 3.25. The molecule has 4 nitrogen and oxygen atoms in total. The topological polar surface area (TPSA) is 61.0 Å². The molecular weight excluding hydrogens is 262 g/mol. The van der Waals surface area contributed by atoms with E-state index < -0.39 is 0 Å². The van der Waals surface area contributed by atoms with Crippen LogP contribution in [0.25, 0.3) is 22.5 Å². The number of nitrogen functional groups attached to an aromatic ring is 1. The van der Waals surface area contributed by atoms with Gasteiger partial charge in [-0.1, -0.05) is 48.5 Å². The summed E-state index contributed by atoms with van der Waals surface area (Å²) in [4.78, 5) is 8.82. The van der Waals surface area contributed by atoms with Crippen LogP contribution in [0, 0.1) is 0 Å². The van der Waals surface area contributed by atoms with Gasteiger partial charge in [0.05, 0.1) is 7.11 Å². The number of nitrogens with two attached hydrogens (primary N) is 1. The molecule has 0 amide bonds. The molecule has 1 heterocycles. The summed E-state index contributed by atoms with van der Waals surface area (Å²) in [6.45, 7) is 0. The third-order valence-electron chi connectivity index (χ3n) is 3.25. The standard InChI is InChI=1S/C17H15N3O/c1-21-15-10-6-5-9-13(15)14-11-19-17(20-16(14)18)12-7-3-2-4-8-12/h2-11H,1H3,(H2,18,19,20). The van der Waals surface area contributed by atoms with Crippen molar-refractivity contribution in [2.24, 2.45) is 0 Å². The first-order chi connectivity index (χ1) is 10.3. The average molecular weight is 277 g/mol. The van der Waals surface area contributed by atoms with Gasteiger partial charge >= 0.3 is 0 Å². The minimum Gasteiger partial charge on any atom is -0.496 e. The Morgan fingerprint density at radius 1 is 0.905 bits per heavy atom. The molecule has 0 aliphatic carbocycles. The maximum absolute atomic E-state index is 6.11. The molecular formula is C17H15N3O. The molecule has 3 rings (SSSR count). The van der Waals surface area contributed by atoms with E-state index in [0.717, 1.165) is 22.4 Å². The zero-order valence-corrected chi connectivity index (χ0v) is 11.7. The van der Waals surface area contributed by atoms with Gasteiger partial charge in [-0.3, -0.25) is 0 Å². The second-order valence-electron chi connectivity index (χ2n) is 4.56. The summed E-state index contributed by atoms with van der Waals surface area (Å²) in [7, 11) is 1.63. The molecule has 0 spiro atoms. The summed E-state index contributed by atoms with van der Waals surface area (Å²) in [5.74, 6) is 1.81. The summed E-state index contributed by atoms with van der Waals surface area (Å²) in [5, 5.41) is 0. The molecule has 3 aromatic rings. The van der Waals surface area contributed by atoms with Gasteiger partial charge in [0.25, 0.3) is 0 Å². The van der Waals surface area contributed by atoms with Crippen molar-refractivity contribution < 1.29 is 4.74 Å². The van der Waals surface area contributed by atoms with Crippen LogP contribution in [0.5, 0.6) is 5.75 Å². The Morgan fingerprint density at radius 3 is 2.33 bits per heavy atom. The zero-order chi connectivity index (χ0) is 14.7. The van der Waals surface area contributed by atoms with Crippen molar-refractivity contribution >= 4 is 5.82 Å². The SMILES string of the molecule is COc1ccccc1-c1cnc(-c2ccccc2)nc1N. The van der Waals surface area contributed by atoms with E-state index in [4.69, 9.17) is 10.5 Å². The number of hydrogen-bond acceptors (Lipinski definition) is 4. The van der Waals surface area contributed by atoms with Gasteiger partial charge in [-0.15, -0.1) is 0 Å². The lowest BCUT2D eigenvalue weighted by atomic mass is 10.1. The first-order valence-corrected chi connectivity index (χ1v) is 6.61. The van der Waals surface area contributed by atoms with E-state index >= 15 is 0 Å². The lowest BCUT2D eigenvalue weighted by Gasteiger charge is -2.10. The molecule has 0 unspecified atom stereocenters. The molecule has 0 aliphatic rings. The number of ether oxygens (including phenoxy) is 1. The lowest BCUT2D eigenvalue weighted by Crippen LogP contribution is -1.99. The van der Waals surface area contributed by atoms with Gasteiger partial charge in [-0.25, -0.2) is 9.97 Å². The number of aromatic nitrogens is 2. The average Bonchev–Trinajstić information content (AvgIpc) is 2.55. The maximum atomic E-state index is 6.11. The molecule has 0 fully saturated rings. The van der Waals surface area contributed by atoms with E-state index in [1.54, 1.807) is 13.3 Å². The summed E-state index contributed by atoms with van der Waals surface area (Å²) < 4.78 is 5.36. The Hall–Kier alpha value is -2.88. The normalized spacial score (nSPS) is 10.3. The molecule has 0 bridgehead atoms. The van der Waals surface area contributed by atoms with Crippen molar-refractivity contribution in [3.05, 3.63) is 60.8 Å². The highest BCUT2D eigenvalue weighted by Gasteiger charge is 2.11. The number of methoxy groups -OCH3 is 1. The Labute approximate surface area is 123 Å². The third kappa shape index (κ3) is 2.56. The molecule has 0 aliphatic heterocycles. The fourth-order valence-corrected chi connectivity index (χ4v) is 2.20. The number of rotatable bonds is 3. The van der Waals surface area contributed by atoms with Gasteiger partial charge in [0, 0.05) is 22.9 Å². The van der Waals surface area contributed by atoms with Crippen LogP contribution in [0.3, 0.4) is 0 Å². The highest BCUT2D eigenvalue weighted by atomic mass is 16.5. The number of nitrogens with zero attached hydrogens (tertiary/aromatic N) is 2. The Balaban J connectivity index is 2.06. The molecule has 1 aromatic heterocycles. The predicted molar refractivity (Wildman–Crippen MR) is 83.9 cm³/mol. The summed E-state index contributed by atoms with van der Waals surface area (Å²) in [6, 6.07) is 17.4. The smallest absolute Gasteiger partial charge is 0.161 e. The van der Waals surface area contributed by atoms with Crippen molar-refractivity contribution in [2.75, 3.05) is 12.8 Å². The van der Waals surface area contributed by atoms with E-state index in [1.807, 2.05) is 54.6 Å².